The summed E-state index contributed by atoms with van der Waals surface area (Å²) >= 11 is 0. The zero-order valence-corrected chi connectivity index (χ0v) is 17.0. The van der Waals surface area contributed by atoms with Crippen LogP contribution < -0.4 is 37.7 Å². The normalized spacial score (nSPS) is 10.0. The Morgan fingerprint density at radius 3 is 1.48 bits per heavy atom. The van der Waals surface area contributed by atoms with Crippen molar-refractivity contribution in [2.75, 3.05) is 0 Å². The van der Waals surface area contributed by atoms with E-state index in [4.69, 9.17) is 17.5 Å². The molecule has 0 atom stereocenters. The second kappa shape index (κ2) is 20.6. The predicted molar refractivity (Wildman–Crippen MR) is 92.5 cm³/mol. The van der Waals surface area contributed by atoms with E-state index in [0.717, 1.165) is 0 Å². The van der Waals surface area contributed by atoms with Gasteiger partial charge in [-0.05, 0) is 18.4 Å². The quantitative estimate of drug-likeness (QED) is 0.216. The molecular formula is C18H30Li2O4S. The maximum atomic E-state index is 8.52. The second-order valence-corrected chi connectivity index (χ2v) is 6.64. The number of unbranched alkanes of at least 4 members (excludes halogenated alkanes) is 9. The van der Waals surface area contributed by atoms with Gasteiger partial charge in [-0.25, -0.2) is 0 Å². The van der Waals surface area contributed by atoms with E-state index in [0.29, 0.717) is 0 Å². The smallest absolute Gasteiger partial charge is 0.759 e. The SMILES string of the molecule is CCCCCCCCCCCCc1ccccc1.O=S(=O)([O-])[O-].[Li+].[Li+]. The molecule has 134 valence electrons. The summed E-state index contributed by atoms with van der Waals surface area (Å²) in [6.07, 6.45) is 15.5. The summed E-state index contributed by atoms with van der Waals surface area (Å²) in [6.45, 7) is 2.28. The summed E-state index contributed by atoms with van der Waals surface area (Å²) in [6, 6.07) is 10.9. The van der Waals surface area contributed by atoms with Gasteiger partial charge in [0.2, 0.25) is 0 Å². The standard InChI is InChI=1S/C18H30.2Li.H2O4S/c1-2-3-4-5-6-7-8-9-10-12-15-18-16-13-11-14-17-18;;;1-5(2,3)4/h11,13-14,16-17H,2-10,12,15H2,1H3;;;(H2,1,2,3,4)/q;2*+1;/p-2. The van der Waals surface area contributed by atoms with E-state index in [1.165, 1.54) is 76.2 Å². The van der Waals surface area contributed by atoms with Crippen molar-refractivity contribution in [1.29, 1.82) is 0 Å². The van der Waals surface area contributed by atoms with Gasteiger partial charge in [0.1, 0.15) is 0 Å². The molecule has 7 heteroatoms. The topological polar surface area (TPSA) is 80.3 Å². The van der Waals surface area contributed by atoms with Crippen molar-refractivity contribution < 1.29 is 55.2 Å². The van der Waals surface area contributed by atoms with Crippen LogP contribution in [0.4, 0.5) is 0 Å². The largest absolute Gasteiger partial charge is 1.00 e. The maximum absolute atomic E-state index is 8.52. The summed E-state index contributed by atoms with van der Waals surface area (Å²) in [5.74, 6) is 0. The van der Waals surface area contributed by atoms with E-state index in [9.17, 15) is 0 Å². The maximum Gasteiger partial charge on any atom is 1.00 e. The molecule has 0 bridgehead atoms. The van der Waals surface area contributed by atoms with Crippen LogP contribution in [0.1, 0.15) is 76.7 Å². The van der Waals surface area contributed by atoms with Crippen molar-refractivity contribution in [1.82, 2.24) is 0 Å². The minimum Gasteiger partial charge on any atom is -0.759 e. The molecule has 0 amide bonds. The van der Waals surface area contributed by atoms with Gasteiger partial charge in [-0.2, -0.15) is 0 Å². The molecule has 0 saturated heterocycles. The zero-order chi connectivity index (χ0) is 17.4. The van der Waals surface area contributed by atoms with Crippen LogP contribution in [-0.4, -0.2) is 17.5 Å². The Kier molecular flexibility index (Phi) is 24.7. The van der Waals surface area contributed by atoms with Gasteiger partial charge in [0.05, 0.1) is 0 Å². The van der Waals surface area contributed by atoms with E-state index >= 15 is 0 Å². The summed E-state index contributed by atoms with van der Waals surface area (Å²) in [5.41, 5.74) is 1.50. The van der Waals surface area contributed by atoms with Crippen LogP contribution >= 0.6 is 0 Å². The molecule has 4 nitrogen and oxygen atoms in total. The monoisotopic (exact) mass is 356 g/mol. The Balaban J connectivity index is -0.000000610. The zero-order valence-electron chi connectivity index (χ0n) is 16.2. The Hall–Kier alpha value is 0.285. The Bertz CT molecular complexity index is 459. The van der Waals surface area contributed by atoms with Crippen molar-refractivity contribution in [3.8, 4) is 0 Å². The molecule has 0 heterocycles. The molecule has 0 spiro atoms. The second-order valence-electron chi connectivity index (χ2n) is 5.83. The number of aryl methyl sites for hydroxylation is 1. The van der Waals surface area contributed by atoms with Gasteiger partial charge in [0, 0.05) is 10.4 Å². The summed E-state index contributed by atoms with van der Waals surface area (Å²) < 4.78 is 34.1. The Morgan fingerprint density at radius 2 is 1.08 bits per heavy atom. The summed E-state index contributed by atoms with van der Waals surface area (Å²) in [4.78, 5) is 0. The van der Waals surface area contributed by atoms with Crippen molar-refractivity contribution >= 4 is 10.4 Å². The van der Waals surface area contributed by atoms with E-state index in [1.54, 1.807) is 0 Å². The molecule has 0 fully saturated rings. The molecule has 0 aliphatic carbocycles. The summed E-state index contributed by atoms with van der Waals surface area (Å²) in [5, 5.41) is 0. The average molecular weight is 356 g/mol. The van der Waals surface area contributed by atoms with Crippen LogP contribution in [0.5, 0.6) is 0 Å². The van der Waals surface area contributed by atoms with Crippen LogP contribution in [0.25, 0.3) is 0 Å². The van der Waals surface area contributed by atoms with Gasteiger partial charge in [0.25, 0.3) is 0 Å². The van der Waals surface area contributed by atoms with Crippen LogP contribution in [0, 0.1) is 0 Å². The van der Waals surface area contributed by atoms with Gasteiger partial charge < -0.3 is 9.11 Å². The molecular weight excluding hydrogens is 326 g/mol. The molecule has 0 aliphatic heterocycles. The number of benzene rings is 1. The fourth-order valence-electron chi connectivity index (χ4n) is 2.46. The summed E-state index contributed by atoms with van der Waals surface area (Å²) in [7, 11) is -5.17. The number of hydrogen-bond donors (Lipinski definition) is 0. The van der Waals surface area contributed by atoms with Crippen LogP contribution in [0.3, 0.4) is 0 Å². The molecule has 25 heavy (non-hydrogen) atoms. The van der Waals surface area contributed by atoms with E-state index in [1.807, 2.05) is 0 Å². The Labute approximate surface area is 178 Å². The fourth-order valence-corrected chi connectivity index (χ4v) is 2.46. The van der Waals surface area contributed by atoms with Gasteiger partial charge >= 0.3 is 37.7 Å². The molecule has 0 N–H and O–H groups in total. The van der Waals surface area contributed by atoms with E-state index in [-0.39, 0.29) is 37.7 Å². The molecule has 0 aliphatic rings. The van der Waals surface area contributed by atoms with E-state index in [2.05, 4.69) is 37.3 Å². The predicted octanol–water partition coefficient (Wildman–Crippen LogP) is -1.18. The average Bonchev–Trinajstić information content (AvgIpc) is 2.48. The minimum atomic E-state index is -5.17. The van der Waals surface area contributed by atoms with Crippen LogP contribution in [0.2, 0.25) is 0 Å². The van der Waals surface area contributed by atoms with Crippen molar-refractivity contribution in [3.63, 3.8) is 0 Å². The van der Waals surface area contributed by atoms with Gasteiger partial charge in [-0.15, -0.1) is 0 Å². The van der Waals surface area contributed by atoms with E-state index < -0.39 is 10.4 Å². The first-order chi connectivity index (χ1) is 10.9. The number of hydrogen-bond acceptors (Lipinski definition) is 4. The molecule has 1 rings (SSSR count). The first kappa shape index (κ1) is 30.0. The third-order valence-corrected chi connectivity index (χ3v) is 3.66. The van der Waals surface area contributed by atoms with Gasteiger partial charge in [-0.1, -0.05) is 95.0 Å². The molecule has 0 unspecified atom stereocenters. The van der Waals surface area contributed by atoms with Crippen molar-refractivity contribution in [2.24, 2.45) is 0 Å². The van der Waals surface area contributed by atoms with Crippen LogP contribution in [-0.2, 0) is 16.8 Å². The Morgan fingerprint density at radius 1 is 0.720 bits per heavy atom. The molecule has 1 aromatic rings. The number of rotatable bonds is 11. The molecule has 0 aromatic heterocycles. The third kappa shape index (κ3) is 29.3. The minimum absolute atomic E-state index is 0. The molecule has 0 saturated carbocycles. The van der Waals surface area contributed by atoms with Crippen molar-refractivity contribution in [2.45, 2.75) is 77.6 Å². The molecule has 1 aromatic carbocycles. The van der Waals surface area contributed by atoms with Crippen molar-refractivity contribution in [3.05, 3.63) is 35.9 Å². The van der Waals surface area contributed by atoms with Gasteiger partial charge in [-0.3, -0.25) is 8.42 Å². The first-order valence-corrected chi connectivity index (χ1v) is 9.97. The first-order valence-electron chi connectivity index (χ1n) is 8.64. The fraction of sp³-hybridized carbons (Fsp3) is 0.667. The van der Waals surface area contributed by atoms with Gasteiger partial charge in [0.15, 0.2) is 0 Å². The molecule has 0 radical (unpaired) electrons. The third-order valence-electron chi connectivity index (χ3n) is 3.66. The van der Waals surface area contributed by atoms with Crippen LogP contribution in [0.15, 0.2) is 30.3 Å².